The van der Waals surface area contributed by atoms with Gasteiger partial charge in [0.05, 0.1) is 26.2 Å². The minimum Gasteiger partial charge on any atom is -0.497 e. The molecule has 5 nitrogen and oxygen atoms in total. The molecule has 1 saturated heterocycles. The van der Waals surface area contributed by atoms with Crippen LogP contribution in [0.15, 0.2) is 36.4 Å². The normalized spacial score (nSPS) is 32.0. The Labute approximate surface area is 129 Å². The Balaban J connectivity index is 1.59. The first kappa shape index (κ1) is 15.1. The van der Waals surface area contributed by atoms with Gasteiger partial charge in [0.2, 0.25) is 0 Å². The van der Waals surface area contributed by atoms with Gasteiger partial charge in [0.25, 0.3) is 0 Å². The van der Waals surface area contributed by atoms with Crippen LogP contribution in [0.5, 0.6) is 5.75 Å². The molecule has 1 aromatic rings. The molecular formula is C17H20O5. The zero-order chi connectivity index (χ0) is 15.5. The topological polar surface area (TPSA) is 57.3 Å². The lowest BCUT2D eigenvalue weighted by molar-refractivity contribution is -0.151. The van der Waals surface area contributed by atoms with Crippen LogP contribution in [0.25, 0.3) is 0 Å². The van der Waals surface area contributed by atoms with E-state index in [4.69, 9.17) is 18.9 Å². The maximum atomic E-state index is 11.9. The van der Waals surface area contributed by atoms with Crippen LogP contribution in [0.3, 0.4) is 0 Å². The zero-order valence-corrected chi connectivity index (χ0v) is 12.7. The molecule has 0 aliphatic carbocycles. The molecule has 1 fully saturated rings. The summed E-state index contributed by atoms with van der Waals surface area (Å²) in [6, 6.07) is 7.66. The summed E-state index contributed by atoms with van der Waals surface area (Å²) in [4.78, 5) is 11.9. The highest BCUT2D eigenvalue weighted by atomic mass is 16.6. The van der Waals surface area contributed by atoms with Crippen molar-refractivity contribution in [2.75, 3.05) is 7.11 Å². The molecule has 0 spiro atoms. The fourth-order valence-corrected chi connectivity index (χ4v) is 2.50. The highest BCUT2D eigenvalue weighted by molar-refractivity contribution is 5.70. The summed E-state index contributed by atoms with van der Waals surface area (Å²) in [5.74, 6) is 0.550. The predicted octanol–water partition coefficient (Wildman–Crippen LogP) is 2.24. The third-order valence-corrected chi connectivity index (χ3v) is 3.85. The molecule has 2 aliphatic heterocycles. The molecule has 0 bridgehead atoms. The molecule has 2 aliphatic rings. The first-order valence-electron chi connectivity index (χ1n) is 7.43. The fraction of sp³-hybridized carbons (Fsp3) is 0.471. The van der Waals surface area contributed by atoms with Crippen molar-refractivity contribution in [2.24, 2.45) is 0 Å². The molecule has 0 radical (unpaired) electrons. The standard InChI is InChI=1S/C17H20O5/c1-11-17-15(22-17)8-7-14(9-16(18)21-11)20-10-12-3-5-13(19-2)6-4-12/h3-8,11,14-15,17H,9-10H2,1-2H3/b8-7-/t11-,14-,15-,17+/m1/s1. The van der Waals surface area contributed by atoms with Crippen LogP contribution < -0.4 is 4.74 Å². The van der Waals surface area contributed by atoms with Gasteiger partial charge in [0, 0.05) is 0 Å². The number of epoxide rings is 1. The molecule has 5 heteroatoms. The van der Waals surface area contributed by atoms with Gasteiger partial charge < -0.3 is 18.9 Å². The Bertz CT molecular complexity index is 551. The number of carbonyl (C=O) groups is 1. The number of ether oxygens (including phenoxy) is 4. The minimum atomic E-state index is -0.301. The van der Waals surface area contributed by atoms with Crippen LogP contribution in [0.4, 0.5) is 0 Å². The van der Waals surface area contributed by atoms with E-state index in [1.807, 2.05) is 43.3 Å². The lowest BCUT2D eigenvalue weighted by atomic mass is 10.2. The van der Waals surface area contributed by atoms with E-state index in [-0.39, 0.29) is 36.8 Å². The van der Waals surface area contributed by atoms with Crippen LogP contribution in [-0.2, 0) is 25.6 Å². The molecule has 3 rings (SSSR count). The zero-order valence-electron chi connectivity index (χ0n) is 12.7. The second kappa shape index (κ2) is 6.50. The van der Waals surface area contributed by atoms with Gasteiger partial charge in [-0.25, -0.2) is 0 Å². The number of carbonyl (C=O) groups excluding carboxylic acids is 1. The number of hydrogen-bond donors (Lipinski definition) is 0. The molecule has 0 aromatic heterocycles. The summed E-state index contributed by atoms with van der Waals surface area (Å²) >= 11 is 0. The van der Waals surface area contributed by atoms with E-state index in [1.165, 1.54) is 0 Å². The molecule has 22 heavy (non-hydrogen) atoms. The Hall–Kier alpha value is -1.85. The predicted molar refractivity (Wildman–Crippen MR) is 79.5 cm³/mol. The molecule has 1 aromatic carbocycles. The summed E-state index contributed by atoms with van der Waals surface area (Å²) in [6.45, 7) is 2.28. The van der Waals surface area contributed by atoms with Crippen LogP contribution in [0, 0.1) is 0 Å². The monoisotopic (exact) mass is 304 g/mol. The van der Waals surface area contributed by atoms with E-state index in [1.54, 1.807) is 7.11 Å². The Kier molecular flexibility index (Phi) is 4.45. The van der Waals surface area contributed by atoms with E-state index >= 15 is 0 Å². The van der Waals surface area contributed by atoms with Crippen molar-refractivity contribution in [3.8, 4) is 5.75 Å². The highest BCUT2D eigenvalue weighted by Gasteiger charge is 2.44. The van der Waals surface area contributed by atoms with E-state index in [9.17, 15) is 4.79 Å². The Morgan fingerprint density at radius 2 is 2.00 bits per heavy atom. The lowest BCUT2D eigenvalue weighted by Crippen LogP contribution is -2.23. The minimum absolute atomic E-state index is 0.0134. The van der Waals surface area contributed by atoms with Crippen LogP contribution in [-0.4, -0.2) is 37.5 Å². The van der Waals surface area contributed by atoms with E-state index in [0.717, 1.165) is 11.3 Å². The fourth-order valence-electron chi connectivity index (χ4n) is 2.50. The summed E-state index contributed by atoms with van der Waals surface area (Å²) in [5, 5.41) is 0. The quantitative estimate of drug-likeness (QED) is 0.485. The van der Waals surface area contributed by atoms with Crippen LogP contribution in [0.1, 0.15) is 18.9 Å². The molecule has 2 heterocycles. The average molecular weight is 304 g/mol. The number of benzene rings is 1. The van der Waals surface area contributed by atoms with Gasteiger partial charge in [-0.2, -0.15) is 0 Å². The first-order chi connectivity index (χ1) is 10.7. The SMILES string of the molecule is COc1ccc(CO[C@@H]2/C=C\[C@H]3O[C@H]3[C@@H](C)OC(=O)C2)cc1. The largest absolute Gasteiger partial charge is 0.497 e. The van der Waals surface area contributed by atoms with Crippen LogP contribution >= 0.6 is 0 Å². The lowest BCUT2D eigenvalue weighted by Gasteiger charge is -2.15. The number of esters is 1. The van der Waals surface area contributed by atoms with Crippen molar-refractivity contribution in [1.82, 2.24) is 0 Å². The van der Waals surface area contributed by atoms with Gasteiger partial charge in [0.1, 0.15) is 24.1 Å². The maximum Gasteiger partial charge on any atom is 0.309 e. The number of methoxy groups -OCH3 is 1. The highest BCUT2D eigenvalue weighted by Crippen LogP contribution is 2.30. The van der Waals surface area contributed by atoms with Crippen molar-refractivity contribution in [3.63, 3.8) is 0 Å². The van der Waals surface area contributed by atoms with E-state index < -0.39 is 0 Å². The smallest absolute Gasteiger partial charge is 0.309 e. The molecular weight excluding hydrogens is 284 g/mol. The van der Waals surface area contributed by atoms with Crippen molar-refractivity contribution in [2.45, 2.75) is 44.4 Å². The third kappa shape index (κ3) is 3.67. The third-order valence-electron chi connectivity index (χ3n) is 3.85. The molecule has 4 atom stereocenters. The summed E-state index contributed by atoms with van der Waals surface area (Å²) in [7, 11) is 1.63. The Morgan fingerprint density at radius 3 is 2.73 bits per heavy atom. The van der Waals surface area contributed by atoms with Gasteiger partial charge in [-0.1, -0.05) is 24.3 Å². The molecule has 0 amide bonds. The van der Waals surface area contributed by atoms with Gasteiger partial charge in [0.15, 0.2) is 0 Å². The van der Waals surface area contributed by atoms with E-state index in [2.05, 4.69) is 0 Å². The summed E-state index contributed by atoms with van der Waals surface area (Å²) < 4.78 is 21.7. The van der Waals surface area contributed by atoms with Crippen molar-refractivity contribution in [3.05, 3.63) is 42.0 Å². The van der Waals surface area contributed by atoms with E-state index in [0.29, 0.717) is 6.61 Å². The van der Waals surface area contributed by atoms with Gasteiger partial charge in [-0.3, -0.25) is 4.79 Å². The molecule has 118 valence electrons. The van der Waals surface area contributed by atoms with Crippen LogP contribution in [0.2, 0.25) is 0 Å². The van der Waals surface area contributed by atoms with Gasteiger partial charge >= 0.3 is 5.97 Å². The van der Waals surface area contributed by atoms with Crippen molar-refractivity contribution >= 4 is 5.97 Å². The maximum absolute atomic E-state index is 11.9. The number of fused-ring (bicyclic) bond motifs is 1. The van der Waals surface area contributed by atoms with Gasteiger partial charge in [-0.15, -0.1) is 0 Å². The second-order valence-corrected chi connectivity index (χ2v) is 5.55. The molecule has 0 saturated carbocycles. The number of hydrogen-bond acceptors (Lipinski definition) is 5. The van der Waals surface area contributed by atoms with Crippen molar-refractivity contribution < 1.29 is 23.7 Å². The summed E-state index contributed by atoms with van der Waals surface area (Å²) in [6.07, 6.45) is 3.59. The summed E-state index contributed by atoms with van der Waals surface area (Å²) in [5.41, 5.74) is 1.02. The van der Waals surface area contributed by atoms with Gasteiger partial charge in [-0.05, 0) is 24.6 Å². The number of rotatable bonds is 4. The Morgan fingerprint density at radius 1 is 1.23 bits per heavy atom. The second-order valence-electron chi connectivity index (χ2n) is 5.55. The molecule has 0 N–H and O–H groups in total. The molecule has 0 unspecified atom stereocenters. The number of cyclic esters (lactones) is 1. The average Bonchev–Trinajstić information content (AvgIpc) is 3.29. The van der Waals surface area contributed by atoms with Crippen molar-refractivity contribution in [1.29, 1.82) is 0 Å². The first-order valence-corrected chi connectivity index (χ1v) is 7.43.